The minimum absolute atomic E-state index is 0.0937. The molecule has 0 spiro atoms. The highest BCUT2D eigenvalue weighted by molar-refractivity contribution is 6.30. The first kappa shape index (κ1) is 12.3. The maximum atomic E-state index is 13.3. The summed E-state index contributed by atoms with van der Waals surface area (Å²) in [5.41, 5.74) is 1.43. The van der Waals surface area contributed by atoms with Crippen LogP contribution in [-0.4, -0.2) is 20.9 Å². The molecule has 17 heavy (non-hydrogen) atoms. The molecular formula is C11H10Cl2FN3. The van der Waals surface area contributed by atoms with Gasteiger partial charge in [0.1, 0.15) is 5.82 Å². The second kappa shape index (κ2) is 5.47. The minimum Gasteiger partial charge on any atom is -0.220 e. The zero-order valence-corrected chi connectivity index (χ0v) is 10.4. The van der Waals surface area contributed by atoms with Gasteiger partial charge in [-0.2, -0.15) is 0 Å². The number of hydrogen-bond acceptors (Lipinski definition) is 2. The second-order valence-corrected chi connectivity index (χ2v) is 4.33. The molecule has 90 valence electrons. The summed E-state index contributed by atoms with van der Waals surface area (Å²) in [5.74, 6) is 0.115. The van der Waals surface area contributed by atoms with Gasteiger partial charge in [0.25, 0.3) is 0 Å². The second-order valence-electron chi connectivity index (χ2n) is 3.55. The van der Waals surface area contributed by atoms with Crippen molar-refractivity contribution in [2.75, 3.05) is 5.88 Å². The Morgan fingerprint density at radius 3 is 2.88 bits per heavy atom. The summed E-state index contributed by atoms with van der Waals surface area (Å²) in [6.45, 7) is 0. The predicted octanol–water partition coefficient (Wildman–Crippen LogP) is 3.23. The Morgan fingerprint density at radius 2 is 2.18 bits per heavy atom. The largest absolute Gasteiger partial charge is 0.220 e. The van der Waals surface area contributed by atoms with Crippen molar-refractivity contribution in [2.24, 2.45) is 0 Å². The maximum Gasteiger partial charge on any atom is 0.143 e. The number of alkyl halides is 1. The van der Waals surface area contributed by atoms with Crippen molar-refractivity contribution in [2.45, 2.75) is 12.8 Å². The number of aryl methyl sites for hydroxylation is 1. The monoisotopic (exact) mass is 273 g/mol. The lowest BCUT2D eigenvalue weighted by molar-refractivity contribution is 0.625. The van der Waals surface area contributed by atoms with E-state index in [1.807, 2.05) is 0 Å². The van der Waals surface area contributed by atoms with Crippen molar-refractivity contribution >= 4 is 23.2 Å². The summed E-state index contributed by atoms with van der Waals surface area (Å²) in [6.07, 6.45) is 3.37. The van der Waals surface area contributed by atoms with Crippen LogP contribution >= 0.6 is 23.2 Å². The van der Waals surface area contributed by atoms with Crippen LogP contribution in [0.5, 0.6) is 0 Å². The lowest BCUT2D eigenvalue weighted by Crippen LogP contribution is -1.95. The third-order valence-corrected chi connectivity index (χ3v) is 2.85. The first-order valence-electron chi connectivity index (χ1n) is 5.13. The van der Waals surface area contributed by atoms with Crippen molar-refractivity contribution in [3.63, 3.8) is 0 Å². The Morgan fingerprint density at radius 1 is 1.35 bits per heavy atom. The topological polar surface area (TPSA) is 30.7 Å². The van der Waals surface area contributed by atoms with E-state index in [-0.39, 0.29) is 5.02 Å². The highest BCUT2D eigenvalue weighted by Crippen LogP contribution is 2.17. The molecule has 0 radical (unpaired) electrons. The molecule has 0 aliphatic heterocycles. The molecule has 3 nitrogen and oxygen atoms in total. The van der Waals surface area contributed by atoms with Crippen molar-refractivity contribution < 1.29 is 4.39 Å². The lowest BCUT2D eigenvalue weighted by atomic mass is 10.3. The van der Waals surface area contributed by atoms with E-state index in [9.17, 15) is 4.39 Å². The molecule has 0 atom stereocenters. The molecule has 0 aliphatic rings. The van der Waals surface area contributed by atoms with Crippen LogP contribution in [0.25, 0.3) is 5.69 Å². The van der Waals surface area contributed by atoms with Crippen LogP contribution in [0.3, 0.4) is 0 Å². The van der Waals surface area contributed by atoms with Gasteiger partial charge in [-0.25, -0.2) is 9.07 Å². The van der Waals surface area contributed by atoms with Gasteiger partial charge in [0.05, 0.1) is 22.6 Å². The lowest BCUT2D eigenvalue weighted by Gasteiger charge is -2.00. The molecule has 1 aromatic carbocycles. The smallest absolute Gasteiger partial charge is 0.143 e. The van der Waals surface area contributed by atoms with Crippen LogP contribution in [0.1, 0.15) is 12.1 Å². The van der Waals surface area contributed by atoms with Crippen molar-refractivity contribution in [3.05, 3.63) is 40.9 Å². The van der Waals surface area contributed by atoms with Crippen molar-refractivity contribution in [3.8, 4) is 5.69 Å². The molecule has 0 unspecified atom stereocenters. The fourth-order valence-corrected chi connectivity index (χ4v) is 1.67. The number of aromatic nitrogens is 3. The first-order chi connectivity index (χ1) is 8.20. The fraction of sp³-hybridized carbons (Fsp3) is 0.273. The number of benzene rings is 1. The van der Waals surface area contributed by atoms with Gasteiger partial charge in [-0.05, 0) is 25.0 Å². The molecule has 0 amide bonds. The highest BCUT2D eigenvalue weighted by Gasteiger charge is 2.05. The van der Waals surface area contributed by atoms with Crippen LogP contribution in [0.2, 0.25) is 5.02 Å². The molecule has 1 aromatic heterocycles. The first-order valence-corrected chi connectivity index (χ1v) is 6.04. The molecule has 1 heterocycles. The van der Waals surface area contributed by atoms with E-state index >= 15 is 0 Å². The Hall–Kier alpha value is -1.13. The highest BCUT2D eigenvalue weighted by atomic mass is 35.5. The van der Waals surface area contributed by atoms with E-state index in [4.69, 9.17) is 23.2 Å². The van der Waals surface area contributed by atoms with E-state index < -0.39 is 5.82 Å². The third kappa shape index (κ3) is 2.96. The zero-order valence-electron chi connectivity index (χ0n) is 8.91. The summed E-state index contributed by atoms with van der Waals surface area (Å²) in [6, 6.07) is 4.50. The van der Waals surface area contributed by atoms with Gasteiger partial charge >= 0.3 is 0 Å². The summed E-state index contributed by atoms with van der Waals surface area (Å²) >= 11 is 11.2. The van der Waals surface area contributed by atoms with Gasteiger partial charge in [0.15, 0.2) is 0 Å². The van der Waals surface area contributed by atoms with Crippen LogP contribution in [0.15, 0.2) is 24.4 Å². The molecule has 0 bridgehead atoms. The number of halogens is 3. The fourth-order valence-electron chi connectivity index (χ4n) is 1.41. The van der Waals surface area contributed by atoms with Crippen LogP contribution in [0, 0.1) is 5.82 Å². The van der Waals surface area contributed by atoms with E-state index in [1.165, 1.54) is 16.8 Å². The maximum absolute atomic E-state index is 13.3. The van der Waals surface area contributed by atoms with E-state index in [0.29, 0.717) is 11.6 Å². The SMILES string of the molecule is Fc1cc(-n2cc(CCCCl)nn2)ccc1Cl. The Labute approximate surface area is 108 Å². The normalized spacial score (nSPS) is 10.8. The Bertz CT molecular complexity index is 513. The van der Waals surface area contributed by atoms with Crippen LogP contribution in [-0.2, 0) is 6.42 Å². The summed E-state index contributed by atoms with van der Waals surface area (Å²) in [4.78, 5) is 0. The van der Waals surface area contributed by atoms with Crippen LogP contribution in [0.4, 0.5) is 4.39 Å². The third-order valence-electron chi connectivity index (χ3n) is 2.28. The van der Waals surface area contributed by atoms with E-state index in [0.717, 1.165) is 18.5 Å². The quantitative estimate of drug-likeness (QED) is 0.801. The molecule has 0 saturated carbocycles. The molecule has 2 aromatic rings. The Balaban J connectivity index is 2.21. The number of rotatable bonds is 4. The summed E-state index contributed by atoms with van der Waals surface area (Å²) < 4.78 is 14.8. The van der Waals surface area contributed by atoms with E-state index in [2.05, 4.69) is 10.3 Å². The standard InChI is InChI=1S/C11H10Cl2FN3/c12-5-1-2-8-7-17(16-15-8)9-3-4-10(13)11(14)6-9/h3-4,6-7H,1-2,5H2. The average molecular weight is 274 g/mol. The average Bonchev–Trinajstić information content (AvgIpc) is 2.79. The minimum atomic E-state index is -0.470. The van der Waals surface area contributed by atoms with Crippen LogP contribution < -0.4 is 0 Å². The molecule has 0 N–H and O–H groups in total. The van der Waals surface area contributed by atoms with Gasteiger partial charge in [-0.3, -0.25) is 0 Å². The number of hydrogen-bond donors (Lipinski definition) is 0. The summed E-state index contributed by atoms with van der Waals surface area (Å²) in [7, 11) is 0. The molecule has 0 saturated heterocycles. The molecule has 6 heteroatoms. The molecular weight excluding hydrogens is 264 g/mol. The van der Waals surface area contributed by atoms with Crippen molar-refractivity contribution in [1.29, 1.82) is 0 Å². The number of nitrogens with zero attached hydrogens (tertiary/aromatic N) is 3. The van der Waals surface area contributed by atoms with E-state index in [1.54, 1.807) is 12.3 Å². The van der Waals surface area contributed by atoms with Gasteiger partial charge in [-0.1, -0.05) is 16.8 Å². The van der Waals surface area contributed by atoms with Gasteiger partial charge < -0.3 is 0 Å². The van der Waals surface area contributed by atoms with Gasteiger partial charge in [0.2, 0.25) is 0 Å². The summed E-state index contributed by atoms with van der Waals surface area (Å²) in [5, 5.41) is 8.00. The zero-order chi connectivity index (χ0) is 12.3. The predicted molar refractivity (Wildman–Crippen MR) is 65.4 cm³/mol. The van der Waals surface area contributed by atoms with Gasteiger partial charge in [-0.15, -0.1) is 16.7 Å². The van der Waals surface area contributed by atoms with Gasteiger partial charge in [0, 0.05) is 11.9 Å². The molecule has 0 fully saturated rings. The van der Waals surface area contributed by atoms with Crippen molar-refractivity contribution in [1.82, 2.24) is 15.0 Å². The Kier molecular flexibility index (Phi) is 3.97. The molecule has 0 aliphatic carbocycles. The molecule has 2 rings (SSSR count).